The molecule has 22 heavy (non-hydrogen) atoms. The lowest BCUT2D eigenvalue weighted by atomic mass is 10.2. The molecule has 2 aromatic rings. The number of nitrogen functional groups attached to an aromatic ring is 1. The molecule has 0 bridgehead atoms. The average Bonchev–Trinajstić information content (AvgIpc) is 2.42. The molecule has 3 nitrogen and oxygen atoms in total. The summed E-state index contributed by atoms with van der Waals surface area (Å²) >= 11 is 7.96. The van der Waals surface area contributed by atoms with Crippen LogP contribution in [0.3, 0.4) is 0 Å². The Bertz CT molecular complexity index is 687. The van der Waals surface area contributed by atoms with Crippen LogP contribution < -0.4 is 16.4 Å². The fourth-order valence-electron chi connectivity index (χ4n) is 1.68. The molecule has 0 aliphatic carbocycles. The van der Waals surface area contributed by atoms with E-state index in [1.807, 2.05) is 0 Å². The fraction of sp³-hybridized carbons (Fsp3) is 0.0714. The maximum Gasteiger partial charge on any atom is 0.417 e. The van der Waals surface area contributed by atoms with Gasteiger partial charge in [-0.15, -0.1) is 0 Å². The second-order valence-corrected chi connectivity index (χ2v) is 5.66. The number of nitrogens with two attached hydrogens (primary N) is 1. The molecule has 0 unspecified atom stereocenters. The summed E-state index contributed by atoms with van der Waals surface area (Å²) in [7, 11) is 0. The largest absolute Gasteiger partial charge is 0.417 e. The van der Waals surface area contributed by atoms with E-state index in [1.54, 1.807) is 24.3 Å². The van der Waals surface area contributed by atoms with Crippen molar-refractivity contribution in [2.45, 2.75) is 6.18 Å². The molecule has 8 heteroatoms. The van der Waals surface area contributed by atoms with Crippen LogP contribution in [0.5, 0.6) is 0 Å². The highest BCUT2D eigenvalue weighted by Gasteiger charge is 2.33. The Balaban J connectivity index is 2.10. The van der Waals surface area contributed by atoms with E-state index in [0.29, 0.717) is 11.4 Å². The summed E-state index contributed by atoms with van der Waals surface area (Å²) in [5, 5.41) is 5.76. The average molecular weight is 390 g/mol. The standard InChI is InChI=1S/C14H11BrF3N3S/c15-12-6-5-10(7-11(12)14(16,17)18)21-13(22)20-9-3-1-8(19)2-4-9/h1-7H,19H2,(H2,20,21,22). The van der Waals surface area contributed by atoms with Gasteiger partial charge in [0, 0.05) is 21.5 Å². The van der Waals surface area contributed by atoms with Gasteiger partial charge in [0.05, 0.1) is 5.56 Å². The summed E-state index contributed by atoms with van der Waals surface area (Å²) in [4.78, 5) is 0. The van der Waals surface area contributed by atoms with Gasteiger partial charge in [0.1, 0.15) is 0 Å². The molecule has 0 fully saturated rings. The summed E-state index contributed by atoms with van der Waals surface area (Å²) in [6.45, 7) is 0. The number of hydrogen-bond donors (Lipinski definition) is 3. The molecule has 0 atom stereocenters. The molecule has 2 rings (SSSR count). The van der Waals surface area contributed by atoms with Gasteiger partial charge in [-0.2, -0.15) is 13.2 Å². The monoisotopic (exact) mass is 389 g/mol. The Kier molecular flexibility index (Phi) is 4.92. The van der Waals surface area contributed by atoms with Crippen molar-refractivity contribution in [3.05, 3.63) is 52.5 Å². The Hall–Kier alpha value is -1.80. The van der Waals surface area contributed by atoms with Gasteiger partial charge in [-0.05, 0) is 54.7 Å². The van der Waals surface area contributed by atoms with Crippen molar-refractivity contribution >= 4 is 50.3 Å². The van der Waals surface area contributed by atoms with Crippen LogP contribution in [0, 0.1) is 0 Å². The first-order valence-electron chi connectivity index (χ1n) is 6.06. The van der Waals surface area contributed by atoms with Crippen LogP contribution in [0.4, 0.5) is 30.2 Å². The normalized spacial score (nSPS) is 11.1. The number of halogens is 4. The molecule has 0 radical (unpaired) electrons. The Morgan fingerprint density at radius 2 is 1.55 bits per heavy atom. The van der Waals surface area contributed by atoms with Gasteiger partial charge in [0.15, 0.2) is 5.11 Å². The van der Waals surface area contributed by atoms with Crippen LogP contribution >= 0.6 is 28.1 Å². The third kappa shape index (κ3) is 4.35. The molecule has 2 aromatic carbocycles. The van der Waals surface area contributed by atoms with Gasteiger partial charge in [0.25, 0.3) is 0 Å². The van der Waals surface area contributed by atoms with Crippen molar-refractivity contribution < 1.29 is 13.2 Å². The maximum absolute atomic E-state index is 12.8. The highest BCUT2D eigenvalue weighted by molar-refractivity contribution is 9.10. The lowest BCUT2D eigenvalue weighted by Gasteiger charge is -2.14. The number of benzene rings is 2. The van der Waals surface area contributed by atoms with Crippen molar-refractivity contribution in [1.82, 2.24) is 0 Å². The van der Waals surface area contributed by atoms with E-state index in [1.165, 1.54) is 12.1 Å². The quantitative estimate of drug-likeness (QED) is 0.507. The maximum atomic E-state index is 12.8. The van der Waals surface area contributed by atoms with Gasteiger partial charge < -0.3 is 16.4 Å². The third-order valence-corrected chi connectivity index (χ3v) is 3.59. The SMILES string of the molecule is Nc1ccc(NC(=S)Nc2ccc(Br)c(C(F)(F)F)c2)cc1. The summed E-state index contributed by atoms with van der Waals surface area (Å²) in [6, 6.07) is 10.6. The van der Waals surface area contributed by atoms with Gasteiger partial charge in [0.2, 0.25) is 0 Å². The molecule has 0 amide bonds. The molecular formula is C14H11BrF3N3S. The minimum Gasteiger partial charge on any atom is -0.399 e. The lowest BCUT2D eigenvalue weighted by Crippen LogP contribution is -2.19. The predicted octanol–water partition coefficient (Wildman–Crippen LogP) is 4.86. The number of thiocarbonyl (C=S) groups is 1. The van der Waals surface area contributed by atoms with Crippen LogP contribution in [0.2, 0.25) is 0 Å². The number of anilines is 3. The predicted molar refractivity (Wildman–Crippen MR) is 89.8 cm³/mol. The second kappa shape index (κ2) is 6.53. The van der Waals surface area contributed by atoms with E-state index in [9.17, 15) is 13.2 Å². The van der Waals surface area contributed by atoms with E-state index >= 15 is 0 Å². The molecule has 0 aliphatic rings. The van der Waals surface area contributed by atoms with E-state index in [0.717, 1.165) is 6.07 Å². The fourth-order valence-corrected chi connectivity index (χ4v) is 2.39. The van der Waals surface area contributed by atoms with Crippen molar-refractivity contribution in [3.63, 3.8) is 0 Å². The van der Waals surface area contributed by atoms with E-state index < -0.39 is 11.7 Å². The topological polar surface area (TPSA) is 50.1 Å². The summed E-state index contributed by atoms with van der Waals surface area (Å²) < 4.78 is 38.5. The molecule has 116 valence electrons. The van der Waals surface area contributed by atoms with Crippen molar-refractivity contribution in [2.24, 2.45) is 0 Å². The molecule has 4 N–H and O–H groups in total. The zero-order valence-corrected chi connectivity index (χ0v) is 13.4. The second-order valence-electron chi connectivity index (χ2n) is 4.39. The number of alkyl halides is 3. The molecular weight excluding hydrogens is 379 g/mol. The van der Waals surface area contributed by atoms with Crippen LogP contribution in [-0.2, 0) is 6.18 Å². The van der Waals surface area contributed by atoms with Crippen LogP contribution in [-0.4, -0.2) is 5.11 Å². The zero-order chi connectivity index (χ0) is 16.3. The van der Waals surface area contributed by atoms with Crippen LogP contribution in [0.1, 0.15) is 5.56 Å². The van der Waals surface area contributed by atoms with E-state index in [4.69, 9.17) is 18.0 Å². The smallest absolute Gasteiger partial charge is 0.399 e. The van der Waals surface area contributed by atoms with Crippen molar-refractivity contribution in [2.75, 3.05) is 16.4 Å². The van der Waals surface area contributed by atoms with Crippen LogP contribution in [0.15, 0.2) is 46.9 Å². The number of rotatable bonds is 2. The van der Waals surface area contributed by atoms with Gasteiger partial charge in [-0.3, -0.25) is 0 Å². The first-order chi connectivity index (χ1) is 10.3. The highest BCUT2D eigenvalue weighted by Crippen LogP contribution is 2.36. The Labute approximate surface area is 138 Å². The molecule has 0 spiro atoms. The van der Waals surface area contributed by atoms with Crippen molar-refractivity contribution in [3.8, 4) is 0 Å². The first kappa shape index (κ1) is 16.6. The first-order valence-corrected chi connectivity index (χ1v) is 7.26. The highest BCUT2D eigenvalue weighted by atomic mass is 79.9. The number of nitrogens with one attached hydrogen (secondary N) is 2. The van der Waals surface area contributed by atoms with E-state index in [-0.39, 0.29) is 15.3 Å². The van der Waals surface area contributed by atoms with Crippen LogP contribution in [0.25, 0.3) is 0 Å². The third-order valence-electron chi connectivity index (χ3n) is 2.70. The lowest BCUT2D eigenvalue weighted by molar-refractivity contribution is -0.138. The summed E-state index contributed by atoms with van der Waals surface area (Å²) in [5.41, 5.74) is 6.32. The Morgan fingerprint density at radius 1 is 1.00 bits per heavy atom. The van der Waals surface area contributed by atoms with E-state index in [2.05, 4.69) is 26.6 Å². The molecule has 0 heterocycles. The zero-order valence-electron chi connectivity index (χ0n) is 11.0. The molecule has 0 saturated heterocycles. The summed E-state index contributed by atoms with van der Waals surface area (Å²) in [6.07, 6.45) is -4.44. The summed E-state index contributed by atoms with van der Waals surface area (Å²) in [5.74, 6) is 0. The molecule has 0 saturated carbocycles. The van der Waals surface area contributed by atoms with Gasteiger partial charge in [-0.25, -0.2) is 0 Å². The molecule has 0 aliphatic heterocycles. The Morgan fingerprint density at radius 3 is 2.14 bits per heavy atom. The minimum atomic E-state index is -4.44. The number of hydrogen-bond acceptors (Lipinski definition) is 2. The van der Waals surface area contributed by atoms with Crippen molar-refractivity contribution in [1.29, 1.82) is 0 Å². The molecule has 0 aromatic heterocycles. The van der Waals surface area contributed by atoms with Gasteiger partial charge in [-0.1, -0.05) is 15.9 Å². The minimum absolute atomic E-state index is 0.0250. The van der Waals surface area contributed by atoms with Gasteiger partial charge >= 0.3 is 6.18 Å².